The monoisotopic (exact) mass is 196 g/mol. The molecule has 1 heterocycles. The third kappa shape index (κ3) is 2.53. The van der Waals surface area contributed by atoms with E-state index < -0.39 is 0 Å². The lowest BCUT2D eigenvalue weighted by molar-refractivity contribution is -0.574. The number of hydrogen-bond donors (Lipinski definition) is 0. The van der Waals surface area contributed by atoms with Gasteiger partial charge in [0.05, 0.1) is 0 Å². The Morgan fingerprint density at radius 2 is 1.67 bits per heavy atom. The van der Waals surface area contributed by atoms with E-state index in [2.05, 4.69) is 48.2 Å². The molecule has 0 saturated heterocycles. The number of nitrogens with zero attached hydrogens (tertiary/aromatic N) is 1. The zero-order valence-electron chi connectivity index (χ0n) is 8.80. The van der Waals surface area contributed by atoms with Gasteiger partial charge in [0, 0.05) is 25.1 Å². The second-order valence-electron chi connectivity index (χ2n) is 3.48. The van der Waals surface area contributed by atoms with Crippen LogP contribution in [-0.2, 0) is 0 Å². The minimum absolute atomic E-state index is 1.22. The molecular weight excluding hydrogens is 182 g/mol. The van der Waals surface area contributed by atoms with Crippen LogP contribution in [0.15, 0.2) is 54.7 Å². The van der Waals surface area contributed by atoms with Crippen molar-refractivity contribution in [2.45, 2.75) is 6.92 Å². The number of hydrogen-bond acceptors (Lipinski definition) is 0. The molecule has 0 amide bonds. The second kappa shape index (κ2) is 4.56. The van der Waals surface area contributed by atoms with E-state index in [-0.39, 0.29) is 0 Å². The number of aromatic nitrogens is 1. The van der Waals surface area contributed by atoms with E-state index in [9.17, 15) is 0 Å². The molecule has 0 aliphatic rings. The van der Waals surface area contributed by atoms with Crippen molar-refractivity contribution < 1.29 is 4.57 Å². The third-order valence-electron chi connectivity index (χ3n) is 2.33. The van der Waals surface area contributed by atoms with E-state index >= 15 is 0 Å². The molecule has 2 rings (SSSR count). The number of benzene rings is 1. The Hall–Kier alpha value is -1.89. The highest BCUT2D eigenvalue weighted by atomic mass is 14.9. The average Bonchev–Trinajstić information content (AvgIpc) is 2.29. The summed E-state index contributed by atoms with van der Waals surface area (Å²) in [6.07, 6.45) is 6.23. The molecule has 0 bridgehead atoms. The van der Waals surface area contributed by atoms with E-state index in [1.54, 1.807) is 0 Å². The Morgan fingerprint density at radius 1 is 0.933 bits per heavy atom. The fourth-order valence-corrected chi connectivity index (χ4v) is 1.44. The van der Waals surface area contributed by atoms with Gasteiger partial charge in [-0.3, -0.25) is 0 Å². The third-order valence-corrected chi connectivity index (χ3v) is 2.33. The van der Waals surface area contributed by atoms with Gasteiger partial charge in [0.15, 0.2) is 18.1 Å². The molecule has 0 N–H and O–H groups in total. The maximum absolute atomic E-state index is 2.10. The molecular formula is C14H14N+. The molecule has 0 aliphatic heterocycles. The highest BCUT2D eigenvalue weighted by molar-refractivity contribution is 5.56. The van der Waals surface area contributed by atoms with Crippen molar-refractivity contribution in [1.29, 1.82) is 0 Å². The maximum atomic E-state index is 2.10. The van der Waals surface area contributed by atoms with Crippen molar-refractivity contribution in [3.63, 3.8) is 0 Å². The Balaban J connectivity index is 2.23. The van der Waals surface area contributed by atoms with Crippen LogP contribution in [-0.4, -0.2) is 0 Å². The van der Waals surface area contributed by atoms with Crippen LogP contribution < -0.4 is 4.57 Å². The zero-order chi connectivity index (χ0) is 10.5. The normalized spacial score (nSPS) is 10.7. The van der Waals surface area contributed by atoms with Crippen molar-refractivity contribution >= 4 is 12.3 Å². The van der Waals surface area contributed by atoms with Crippen LogP contribution >= 0.6 is 0 Å². The van der Waals surface area contributed by atoms with E-state index in [4.69, 9.17) is 0 Å². The van der Waals surface area contributed by atoms with Crippen LogP contribution in [0.2, 0.25) is 0 Å². The van der Waals surface area contributed by atoms with Gasteiger partial charge in [-0.2, -0.15) is 4.57 Å². The van der Waals surface area contributed by atoms with Gasteiger partial charge in [-0.25, -0.2) is 0 Å². The molecule has 0 aliphatic carbocycles. The minimum Gasteiger partial charge on any atom is -0.171 e. The summed E-state index contributed by atoms with van der Waals surface area (Å²) in [5.74, 6) is 0. The summed E-state index contributed by atoms with van der Waals surface area (Å²) < 4.78 is 2.10. The molecule has 15 heavy (non-hydrogen) atoms. The zero-order valence-corrected chi connectivity index (χ0v) is 8.80. The van der Waals surface area contributed by atoms with Crippen molar-refractivity contribution in [1.82, 2.24) is 0 Å². The van der Waals surface area contributed by atoms with Crippen molar-refractivity contribution in [2.24, 2.45) is 0 Å². The van der Waals surface area contributed by atoms with E-state index in [1.165, 1.54) is 11.3 Å². The molecule has 0 saturated carbocycles. The largest absolute Gasteiger partial charge is 0.183 e. The van der Waals surface area contributed by atoms with Gasteiger partial charge in [0.1, 0.15) is 0 Å². The summed E-state index contributed by atoms with van der Waals surface area (Å²) in [6.45, 7) is 2.09. The number of rotatable bonds is 2. The topological polar surface area (TPSA) is 3.88 Å². The molecule has 0 spiro atoms. The molecule has 1 aromatic heterocycles. The first-order chi connectivity index (χ1) is 7.36. The van der Waals surface area contributed by atoms with Gasteiger partial charge in [0.25, 0.3) is 0 Å². The molecule has 2 aromatic rings. The van der Waals surface area contributed by atoms with Crippen LogP contribution in [0, 0.1) is 6.92 Å². The lowest BCUT2D eigenvalue weighted by Gasteiger charge is -1.92. The van der Waals surface area contributed by atoms with Gasteiger partial charge < -0.3 is 0 Å². The maximum Gasteiger partial charge on any atom is 0.183 e. The predicted molar refractivity (Wildman–Crippen MR) is 63.0 cm³/mol. The average molecular weight is 196 g/mol. The summed E-state index contributed by atoms with van der Waals surface area (Å²) in [7, 11) is 0. The summed E-state index contributed by atoms with van der Waals surface area (Å²) in [5, 5.41) is 0. The second-order valence-corrected chi connectivity index (χ2v) is 3.48. The quantitative estimate of drug-likeness (QED) is 0.650. The van der Waals surface area contributed by atoms with Crippen LogP contribution in [0.1, 0.15) is 11.3 Å². The first-order valence-corrected chi connectivity index (χ1v) is 5.06. The van der Waals surface area contributed by atoms with Crippen molar-refractivity contribution in [3.05, 3.63) is 66.0 Å². The standard InChI is InChI=1S/C14H14N/c1-13-7-5-6-11-15(13)12-10-14-8-3-2-4-9-14/h2-12H,1H3/q+1. The minimum atomic E-state index is 1.22. The predicted octanol–water partition coefficient (Wildman–Crippen LogP) is 2.91. The van der Waals surface area contributed by atoms with Crippen molar-refractivity contribution in [3.8, 4) is 0 Å². The smallest absolute Gasteiger partial charge is 0.171 e. The van der Waals surface area contributed by atoms with Crippen molar-refractivity contribution in [2.75, 3.05) is 0 Å². The molecule has 0 fully saturated rings. The fourth-order valence-electron chi connectivity index (χ4n) is 1.44. The Labute approximate surface area is 90.3 Å². The van der Waals surface area contributed by atoms with E-state index in [0.29, 0.717) is 0 Å². The molecule has 0 unspecified atom stereocenters. The Bertz CT molecular complexity index is 458. The van der Waals surface area contributed by atoms with Gasteiger partial charge in [0.2, 0.25) is 0 Å². The molecule has 0 radical (unpaired) electrons. The lowest BCUT2D eigenvalue weighted by Crippen LogP contribution is -2.28. The molecule has 74 valence electrons. The van der Waals surface area contributed by atoms with Crippen LogP contribution in [0.25, 0.3) is 12.3 Å². The van der Waals surface area contributed by atoms with Crippen LogP contribution in [0.4, 0.5) is 0 Å². The highest BCUT2D eigenvalue weighted by Crippen LogP contribution is 2.00. The van der Waals surface area contributed by atoms with Gasteiger partial charge >= 0.3 is 0 Å². The molecule has 1 heteroatoms. The van der Waals surface area contributed by atoms with Gasteiger partial charge in [-0.1, -0.05) is 36.4 Å². The summed E-state index contributed by atoms with van der Waals surface area (Å²) in [4.78, 5) is 0. The molecule has 1 nitrogen and oxygen atoms in total. The summed E-state index contributed by atoms with van der Waals surface area (Å²) in [6, 6.07) is 16.5. The first kappa shape index (κ1) is 9.66. The number of pyridine rings is 1. The van der Waals surface area contributed by atoms with E-state index in [0.717, 1.165) is 0 Å². The van der Waals surface area contributed by atoms with Gasteiger partial charge in [-0.05, 0) is 5.56 Å². The Kier molecular flexibility index (Phi) is 2.93. The highest BCUT2D eigenvalue weighted by Gasteiger charge is 1.98. The fraction of sp³-hybridized carbons (Fsp3) is 0.0714. The van der Waals surface area contributed by atoms with Crippen LogP contribution in [0.5, 0.6) is 0 Å². The van der Waals surface area contributed by atoms with Gasteiger partial charge in [-0.15, -0.1) is 0 Å². The molecule has 1 aromatic carbocycles. The summed E-state index contributed by atoms with van der Waals surface area (Å²) in [5.41, 5.74) is 2.44. The number of aryl methyl sites for hydroxylation is 1. The molecule has 0 atom stereocenters. The van der Waals surface area contributed by atoms with E-state index in [1.807, 2.05) is 30.3 Å². The first-order valence-electron chi connectivity index (χ1n) is 5.06. The SMILES string of the molecule is Cc1cccc[n+]1C=Cc1ccccc1. The Morgan fingerprint density at radius 3 is 2.40 bits per heavy atom. The summed E-state index contributed by atoms with van der Waals surface area (Å²) >= 11 is 0. The van der Waals surface area contributed by atoms with Crippen LogP contribution in [0.3, 0.4) is 0 Å². The lowest BCUT2D eigenvalue weighted by atomic mass is 10.2.